The average Bonchev–Trinajstić information content (AvgIpc) is 2.25. The van der Waals surface area contributed by atoms with Crippen LogP contribution in [0.1, 0.15) is 19.3 Å². The maximum atomic E-state index is 12.7. The van der Waals surface area contributed by atoms with Crippen LogP contribution in [0.3, 0.4) is 0 Å². The largest absolute Gasteiger partial charge is 0.370 e. The van der Waals surface area contributed by atoms with E-state index in [0.717, 1.165) is 25.9 Å². The van der Waals surface area contributed by atoms with E-state index < -0.39 is 0 Å². The number of nitrogens with zero attached hydrogens (tertiary/aromatic N) is 1. The summed E-state index contributed by atoms with van der Waals surface area (Å²) in [6.07, 6.45) is 8.22. The molecule has 1 saturated heterocycles. The molecule has 2 nitrogen and oxygen atoms in total. The highest BCUT2D eigenvalue weighted by atomic mass is 19.1. The fraction of sp³-hybridized carbons (Fsp3) is 0.667. The van der Waals surface area contributed by atoms with Crippen LogP contribution in [0.4, 0.5) is 4.39 Å². The molecule has 84 valence electrons. The van der Waals surface area contributed by atoms with E-state index in [1.165, 1.54) is 6.08 Å². The molecule has 1 aliphatic carbocycles. The van der Waals surface area contributed by atoms with Gasteiger partial charge in [-0.05, 0) is 38.5 Å². The molecule has 2 aliphatic rings. The fourth-order valence-corrected chi connectivity index (χ4v) is 2.04. The van der Waals surface area contributed by atoms with E-state index >= 15 is 0 Å². The number of piperidine rings is 1. The zero-order valence-electron chi connectivity index (χ0n) is 9.16. The van der Waals surface area contributed by atoms with Crippen molar-refractivity contribution in [3.05, 3.63) is 24.1 Å². The van der Waals surface area contributed by atoms with Crippen molar-refractivity contribution in [2.24, 2.45) is 0 Å². The highest BCUT2D eigenvalue weighted by molar-refractivity contribution is 5.18. The Labute approximate surface area is 90.4 Å². The van der Waals surface area contributed by atoms with Gasteiger partial charge in [-0.15, -0.1) is 0 Å². The average molecular weight is 211 g/mol. The Kier molecular flexibility index (Phi) is 3.54. The van der Waals surface area contributed by atoms with Crippen LogP contribution in [0.15, 0.2) is 24.1 Å². The van der Waals surface area contributed by atoms with Crippen LogP contribution < -0.4 is 0 Å². The molecule has 0 bridgehead atoms. The van der Waals surface area contributed by atoms with Crippen molar-refractivity contribution in [1.29, 1.82) is 0 Å². The maximum absolute atomic E-state index is 12.7. The third-order valence-electron chi connectivity index (χ3n) is 3.05. The summed E-state index contributed by atoms with van der Waals surface area (Å²) in [5.74, 6) is -0.141. The van der Waals surface area contributed by atoms with Crippen molar-refractivity contribution < 1.29 is 9.13 Å². The molecular weight excluding hydrogens is 193 g/mol. The summed E-state index contributed by atoms with van der Waals surface area (Å²) < 4.78 is 18.6. The summed E-state index contributed by atoms with van der Waals surface area (Å²) in [5.41, 5.74) is 0. The van der Waals surface area contributed by atoms with Crippen molar-refractivity contribution in [3.63, 3.8) is 0 Å². The number of hydrogen-bond acceptors (Lipinski definition) is 2. The van der Waals surface area contributed by atoms with E-state index in [9.17, 15) is 4.39 Å². The van der Waals surface area contributed by atoms with Crippen molar-refractivity contribution in [2.75, 3.05) is 20.1 Å². The Bertz CT molecular complexity index is 267. The topological polar surface area (TPSA) is 12.5 Å². The molecule has 15 heavy (non-hydrogen) atoms. The molecule has 0 aromatic carbocycles. The number of ether oxygens (including phenoxy) is 1. The van der Waals surface area contributed by atoms with E-state index in [2.05, 4.69) is 11.9 Å². The predicted molar refractivity (Wildman–Crippen MR) is 58.3 cm³/mol. The van der Waals surface area contributed by atoms with Gasteiger partial charge >= 0.3 is 0 Å². The first-order chi connectivity index (χ1) is 7.24. The van der Waals surface area contributed by atoms with E-state index in [-0.39, 0.29) is 11.9 Å². The van der Waals surface area contributed by atoms with Gasteiger partial charge in [-0.3, -0.25) is 0 Å². The molecule has 0 N–H and O–H groups in total. The zero-order valence-corrected chi connectivity index (χ0v) is 9.16. The molecule has 1 atom stereocenters. The number of rotatable bonds is 2. The lowest BCUT2D eigenvalue weighted by Gasteiger charge is -2.31. The minimum atomic E-state index is -0.141. The minimum absolute atomic E-state index is 0.0814. The summed E-state index contributed by atoms with van der Waals surface area (Å²) in [6.45, 7) is 2.20. The smallest absolute Gasteiger partial charge is 0.119 e. The second-order valence-electron chi connectivity index (χ2n) is 4.36. The molecule has 0 saturated carbocycles. The highest BCUT2D eigenvalue weighted by Crippen LogP contribution is 2.20. The Hall–Kier alpha value is -0.670. The molecule has 1 heterocycles. The van der Waals surface area contributed by atoms with Gasteiger partial charge in [0.1, 0.15) is 5.83 Å². The lowest BCUT2D eigenvalue weighted by molar-refractivity contribution is -0.0183. The quantitative estimate of drug-likeness (QED) is 0.694. The predicted octanol–water partition coefficient (Wildman–Crippen LogP) is 2.28. The number of hydrogen-bond donors (Lipinski definition) is 0. The molecule has 0 amide bonds. The minimum Gasteiger partial charge on any atom is -0.370 e. The molecule has 1 fully saturated rings. The van der Waals surface area contributed by atoms with Crippen LogP contribution in [-0.2, 0) is 4.74 Å². The Morgan fingerprint density at radius 1 is 1.40 bits per heavy atom. The summed E-state index contributed by atoms with van der Waals surface area (Å²) >= 11 is 0. The van der Waals surface area contributed by atoms with Crippen LogP contribution in [0, 0.1) is 0 Å². The van der Waals surface area contributed by atoms with Gasteiger partial charge in [0.05, 0.1) is 12.2 Å². The third-order valence-corrected chi connectivity index (χ3v) is 3.05. The molecular formula is C12H18FNO. The van der Waals surface area contributed by atoms with Crippen molar-refractivity contribution >= 4 is 0 Å². The summed E-state index contributed by atoms with van der Waals surface area (Å²) in [7, 11) is 2.13. The first kappa shape index (κ1) is 10.8. The number of allylic oxidation sites excluding steroid dienone is 2. The van der Waals surface area contributed by atoms with Gasteiger partial charge in [-0.1, -0.05) is 6.08 Å². The van der Waals surface area contributed by atoms with Crippen LogP contribution in [0.2, 0.25) is 0 Å². The van der Waals surface area contributed by atoms with Crippen LogP contribution in [-0.4, -0.2) is 37.2 Å². The molecule has 0 aromatic heterocycles. The first-order valence-corrected chi connectivity index (χ1v) is 5.62. The maximum Gasteiger partial charge on any atom is 0.119 e. The van der Waals surface area contributed by atoms with Gasteiger partial charge in [-0.2, -0.15) is 0 Å². The molecule has 2 rings (SSSR count). The zero-order chi connectivity index (χ0) is 10.7. The van der Waals surface area contributed by atoms with E-state index in [1.807, 2.05) is 6.08 Å². The lowest BCUT2D eigenvalue weighted by Crippen LogP contribution is -2.36. The second kappa shape index (κ2) is 4.90. The molecule has 1 unspecified atom stereocenters. The number of likely N-dealkylation sites (tertiary alicyclic amines) is 1. The summed E-state index contributed by atoms with van der Waals surface area (Å²) in [6, 6.07) is 0. The monoisotopic (exact) mass is 211 g/mol. The molecule has 3 heteroatoms. The molecule has 0 radical (unpaired) electrons. The van der Waals surface area contributed by atoms with Gasteiger partial charge in [0.2, 0.25) is 0 Å². The Morgan fingerprint density at radius 3 is 2.73 bits per heavy atom. The van der Waals surface area contributed by atoms with Gasteiger partial charge in [0.25, 0.3) is 0 Å². The van der Waals surface area contributed by atoms with E-state index in [1.54, 1.807) is 6.08 Å². The van der Waals surface area contributed by atoms with Gasteiger partial charge in [0.15, 0.2) is 0 Å². The molecule has 0 aromatic rings. The van der Waals surface area contributed by atoms with Crippen molar-refractivity contribution in [2.45, 2.75) is 31.5 Å². The normalized spacial score (nSPS) is 29.2. The Balaban J connectivity index is 1.76. The number of halogens is 1. The van der Waals surface area contributed by atoms with E-state index in [4.69, 9.17) is 4.74 Å². The summed E-state index contributed by atoms with van der Waals surface area (Å²) in [4.78, 5) is 2.32. The van der Waals surface area contributed by atoms with Crippen LogP contribution in [0.25, 0.3) is 0 Å². The van der Waals surface area contributed by atoms with E-state index in [0.29, 0.717) is 12.5 Å². The molecule has 1 aliphatic heterocycles. The lowest BCUT2D eigenvalue weighted by atomic mass is 10.1. The molecule has 0 spiro atoms. The van der Waals surface area contributed by atoms with Crippen LogP contribution in [0.5, 0.6) is 0 Å². The van der Waals surface area contributed by atoms with Crippen molar-refractivity contribution in [3.8, 4) is 0 Å². The first-order valence-electron chi connectivity index (χ1n) is 5.62. The van der Waals surface area contributed by atoms with Crippen LogP contribution >= 0.6 is 0 Å². The standard InChI is InChI=1S/C12H18FNO/c1-14-8-6-12(7-9-14)15-11-4-2-10(13)3-5-11/h2-4,11-12H,5-9H2,1H3. The highest BCUT2D eigenvalue weighted by Gasteiger charge is 2.20. The van der Waals surface area contributed by atoms with Gasteiger partial charge < -0.3 is 9.64 Å². The van der Waals surface area contributed by atoms with Gasteiger partial charge in [-0.25, -0.2) is 4.39 Å². The SMILES string of the molecule is CN1CCC(OC2C=CC(F)=CC2)CC1. The fourth-order valence-electron chi connectivity index (χ4n) is 2.04. The van der Waals surface area contributed by atoms with Gasteiger partial charge in [0, 0.05) is 13.1 Å². The Morgan fingerprint density at radius 2 is 2.13 bits per heavy atom. The van der Waals surface area contributed by atoms with Crippen molar-refractivity contribution in [1.82, 2.24) is 4.90 Å². The summed E-state index contributed by atoms with van der Waals surface area (Å²) in [5, 5.41) is 0. The second-order valence-corrected chi connectivity index (χ2v) is 4.36. The third kappa shape index (κ3) is 3.14.